The van der Waals surface area contributed by atoms with Gasteiger partial charge in [0.15, 0.2) is 29.8 Å². The smallest absolute Gasteiger partial charge is 0.349 e. The molecule has 216 valence electrons. The summed E-state index contributed by atoms with van der Waals surface area (Å²) in [5, 5.41) is 53.1. The summed E-state index contributed by atoms with van der Waals surface area (Å²) in [4.78, 5) is 39.2. The maximum Gasteiger partial charge on any atom is 0.349 e. The molecule has 41 heavy (non-hydrogen) atoms. The first-order chi connectivity index (χ1) is 19.5. The molecule has 2 aromatic carbocycles. The Kier molecular flexibility index (Phi) is 6.34. The molecule has 2 aliphatic carbocycles. The number of likely N-dealkylation sites (N-methyl/N-ethyl adjacent to an activating group) is 1. The fraction of sp³-hybridized carbons (Fsp3) is 0.414. The van der Waals surface area contributed by atoms with Gasteiger partial charge in [-0.15, -0.1) is 0 Å². The zero-order valence-corrected chi connectivity index (χ0v) is 22.0. The number of piperidine rings is 1. The van der Waals surface area contributed by atoms with E-state index in [0.29, 0.717) is 24.9 Å². The molecular formula is C29H29NO11. The fourth-order valence-electron chi connectivity index (χ4n) is 6.95. The van der Waals surface area contributed by atoms with Gasteiger partial charge in [0.1, 0.15) is 5.76 Å². The molecule has 2 aliphatic heterocycles. The van der Waals surface area contributed by atoms with Crippen molar-refractivity contribution in [3.05, 3.63) is 71.0 Å². The quantitative estimate of drug-likeness (QED) is 0.289. The summed E-state index contributed by atoms with van der Waals surface area (Å²) in [6, 6.07) is 10.5. The molecule has 2 bridgehead atoms. The summed E-state index contributed by atoms with van der Waals surface area (Å²) < 4.78 is 16.5. The van der Waals surface area contributed by atoms with Crippen molar-refractivity contribution in [3.63, 3.8) is 0 Å². The molecule has 12 nitrogen and oxygen atoms in total. The molecule has 7 atom stereocenters. The van der Waals surface area contributed by atoms with Gasteiger partial charge >= 0.3 is 17.9 Å². The lowest BCUT2D eigenvalue weighted by atomic mass is 9.50. The van der Waals surface area contributed by atoms with Crippen molar-refractivity contribution in [3.8, 4) is 11.5 Å². The van der Waals surface area contributed by atoms with Gasteiger partial charge in [0, 0.05) is 23.6 Å². The predicted molar refractivity (Wildman–Crippen MR) is 138 cm³/mol. The van der Waals surface area contributed by atoms with Gasteiger partial charge in [-0.2, -0.15) is 0 Å². The summed E-state index contributed by atoms with van der Waals surface area (Å²) >= 11 is 0. The Morgan fingerprint density at radius 2 is 1.78 bits per heavy atom. The number of aliphatic hydroxyl groups is 3. The second-order valence-electron chi connectivity index (χ2n) is 11.0. The number of phenols is 1. The van der Waals surface area contributed by atoms with Crippen molar-refractivity contribution in [2.75, 3.05) is 13.6 Å². The van der Waals surface area contributed by atoms with Crippen LogP contribution in [0.25, 0.3) is 0 Å². The van der Waals surface area contributed by atoms with Crippen molar-refractivity contribution in [2.24, 2.45) is 0 Å². The van der Waals surface area contributed by atoms with E-state index >= 15 is 0 Å². The number of carboxylic acid groups (broad SMARTS) is 1. The van der Waals surface area contributed by atoms with Gasteiger partial charge in [0.2, 0.25) is 6.10 Å². The summed E-state index contributed by atoms with van der Waals surface area (Å²) in [5.41, 5.74) is -0.679. The lowest BCUT2D eigenvalue weighted by Gasteiger charge is -2.61. The van der Waals surface area contributed by atoms with Gasteiger partial charge in [0.05, 0.1) is 11.0 Å². The lowest BCUT2D eigenvalue weighted by Crippen LogP contribution is -2.74. The van der Waals surface area contributed by atoms with E-state index in [-0.39, 0.29) is 35.3 Å². The number of carboxylic acids is 1. The van der Waals surface area contributed by atoms with Gasteiger partial charge in [0.25, 0.3) is 0 Å². The first-order valence-electron chi connectivity index (χ1n) is 13.2. The third-order valence-corrected chi connectivity index (χ3v) is 8.91. The van der Waals surface area contributed by atoms with E-state index in [1.165, 1.54) is 36.4 Å². The number of likely N-dealkylation sites (tertiary alicyclic amines) is 1. The van der Waals surface area contributed by atoms with Crippen LogP contribution < -0.4 is 4.74 Å². The van der Waals surface area contributed by atoms with E-state index in [2.05, 4.69) is 4.90 Å². The van der Waals surface area contributed by atoms with Crippen LogP contribution in [-0.4, -0.2) is 91.9 Å². The van der Waals surface area contributed by atoms with Crippen LogP contribution in [0.1, 0.15) is 35.6 Å². The maximum atomic E-state index is 13.0. The van der Waals surface area contributed by atoms with Crippen LogP contribution in [0.2, 0.25) is 0 Å². The number of benzene rings is 2. The molecule has 2 aromatic rings. The van der Waals surface area contributed by atoms with Crippen LogP contribution in [0.4, 0.5) is 0 Å². The number of phenolic OH excluding ortho intramolecular Hbond substituents is 1. The zero-order valence-electron chi connectivity index (χ0n) is 22.0. The van der Waals surface area contributed by atoms with Crippen molar-refractivity contribution in [2.45, 2.75) is 60.7 Å². The zero-order chi connectivity index (χ0) is 29.3. The number of nitrogens with zero attached hydrogens (tertiary/aromatic N) is 1. The molecule has 0 amide bonds. The minimum Gasteiger partial charge on any atom is -0.504 e. The van der Waals surface area contributed by atoms with E-state index in [1.54, 1.807) is 12.1 Å². The highest BCUT2D eigenvalue weighted by atomic mass is 16.6. The standard InChI is InChI=1S/C29H29NO11/c1-30-12-11-28-19-15-7-8-16(31)23(19)40-24(28)17(9-10-29(28,38)18(30)13-15)39-26(36)20(32)21(33)27(37)41-22(25(34)35)14-5-3-2-4-6-14/h2-9,18,20-22,24,31-33,38H,10-13H2,1H3,(H,34,35)/t18-,20+,21+,22+,24-,28-,29+/m0/s1. The molecule has 1 saturated heterocycles. The van der Waals surface area contributed by atoms with Gasteiger partial charge < -0.3 is 44.6 Å². The molecule has 1 fully saturated rings. The first kappa shape index (κ1) is 27.2. The highest BCUT2D eigenvalue weighted by Gasteiger charge is 2.72. The van der Waals surface area contributed by atoms with Crippen LogP contribution in [0.15, 0.2) is 54.3 Å². The highest BCUT2D eigenvalue weighted by molar-refractivity contribution is 5.87. The number of aromatic hydroxyl groups is 1. The van der Waals surface area contributed by atoms with Gasteiger partial charge in [-0.05, 0) is 44.1 Å². The minimum atomic E-state index is -2.45. The van der Waals surface area contributed by atoms with Crippen LogP contribution in [-0.2, 0) is 35.7 Å². The number of aliphatic hydroxyl groups excluding tert-OH is 2. The molecule has 0 aromatic heterocycles. The Bertz CT molecular complexity index is 1460. The molecule has 6 rings (SSSR count). The van der Waals surface area contributed by atoms with Crippen LogP contribution >= 0.6 is 0 Å². The summed E-state index contributed by atoms with van der Waals surface area (Å²) in [5.74, 6) is -4.43. The van der Waals surface area contributed by atoms with Crippen LogP contribution in [0.3, 0.4) is 0 Å². The first-order valence-corrected chi connectivity index (χ1v) is 13.2. The van der Waals surface area contributed by atoms with Crippen molar-refractivity contribution < 1.29 is 54.1 Å². The fourth-order valence-corrected chi connectivity index (χ4v) is 6.95. The predicted octanol–water partition coefficient (Wildman–Crippen LogP) is 0.304. The van der Waals surface area contributed by atoms with Crippen LogP contribution in [0.5, 0.6) is 11.5 Å². The third-order valence-electron chi connectivity index (χ3n) is 8.91. The number of rotatable bonds is 7. The largest absolute Gasteiger partial charge is 0.504 e. The average Bonchev–Trinajstić information content (AvgIpc) is 3.32. The van der Waals surface area contributed by atoms with Gasteiger partial charge in [-0.3, -0.25) is 0 Å². The molecule has 0 unspecified atom stereocenters. The van der Waals surface area contributed by atoms with Crippen molar-refractivity contribution in [1.29, 1.82) is 0 Å². The summed E-state index contributed by atoms with van der Waals surface area (Å²) in [6.07, 6.45) is -5.17. The molecular weight excluding hydrogens is 538 g/mol. The van der Waals surface area contributed by atoms with Crippen LogP contribution in [0, 0.1) is 0 Å². The van der Waals surface area contributed by atoms with E-state index in [4.69, 9.17) is 14.2 Å². The minimum absolute atomic E-state index is 0.0428. The molecule has 1 spiro atoms. The molecule has 0 radical (unpaired) electrons. The van der Waals surface area contributed by atoms with Crippen molar-refractivity contribution >= 4 is 17.9 Å². The molecule has 2 heterocycles. The number of hydrogen-bond donors (Lipinski definition) is 5. The number of esters is 2. The van der Waals surface area contributed by atoms with Gasteiger partial charge in [-0.1, -0.05) is 36.4 Å². The Morgan fingerprint density at radius 1 is 1.07 bits per heavy atom. The second-order valence-corrected chi connectivity index (χ2v) is 11.0. The molecule has 4 aliphatic rings. The number of ether oxygens (including phenoxy) is 3. The highest BCUT2D eigenvalue weighted by Crippen LogP contribution is 2.65. The number of carbonyl (C=O) groups excluding carboxylic acids is 2. The van der Waals surface area contributed by atoms with E-state index in [0.717, 1.165) is 5.56 Å². The summed E-state index contributed by atoms with van der Waals surface area (Å²) in [7, 11) is 1.93. The monoisotopic (exact) mass is 567 g/mol. The molecule has 12 heteroatoms. The van der Waals surface area contributed by atoms with E-state index in [1.807, 2.05) is 7.05 Å². The lowest BCUT2D eigenvalue weighted by molar-refractivity contribution is -0.183. The number of carbonyl (C=O) groups is 3. The Balaban J connectivity index is 1.24. The maximum absolute atomic E-state index is 13.0. The third kappa shape index (κ3) is 3.86. The normalized spacial score (nSPS) is 29.7. The van der Waals surface area contributed by atoms with Gasteiger partial charge in [-0.25, -0.2) is 14.4 Å². The average molecular weight is 568 g/mol. The Hall–Kier alpha value is -3.97. The SMILES string of the molecule is CN1CC[C@]23c4c5ccc(O)c4O[C@H]2C(OC(=O)[C@H](O)[C@@H](O)C(=O)O[C@@H](C(=O)O)c2ccccc2)=CC[C@@]3(O)[C@@H]1C5. The number of aliphatic carboxylic acids is 1. The van der Waals surface area contributed by atoms with Crippen molar-refractivity contribution in [1.82, 2.24) is 4.90 Å². The molecule has 5 N–H and O–H groups in total. The van der Waals surface area contributed by atoms with E-state index < -0.39 is 53.3 Å². The Labute approximate surface area is 234 Å². The topological polar surface area (TPSA) is 183 Å². The number of hydrogen-bond acceptors (Lipinski definition) is 11. The Morgan fingerprint density at radius 3 is 2.49 bits per heavy atom. The van der Waals surface area contributed by atoms with E-state index in [9.17, 15) is 39.9 Å². The summed E-state index contributed by atoms with van der Waals surface area (Å²) in [6.45, 7) is 0.599. The molecule has 0 saturated carbocycles. The second kappa shape index (κ2) is 9.55.